The van der Waals surface area contributed by atoms with E-state index >= 15 is 0 Å². The number of nitrogens with two attached hydrogens (primary N) is 1. The molecule has 2 unspecified atom stereocenters. The fourth-order valence-electron chi connectivity index (χ4n) is 2.29. The molecule has 19 heavy (non-hydrogen) atoms. The highest BCUT2D eigenvalue weighted by Gasteiger charge is 2.28. The molecule has 0 bridgehead atoms. The zero-order valence-electron chi connectivity index (χ0n) is 11.7. The first-order valence-electron chi connectivity index (χ1n) is 6.87. The van der Waals surface area contributed by atoms with E-state index < -0.39 is 0 Å². The van der Waals surface area contributed by atoms with Crippen LogP contribution in [0.1, 0.15) is 30.5 Å². The number of hydrogen-bond acceptors (Lipinski definition) is 5. The lowest BCUT2D eigenvalue weighted by atomic mass is 10.0. The molecular formula is C14H23N3O2. The van der Waals surface area contributed by atoms with Crippen LogP contribution in [0.5, 0.6) is 0 Å². The molecule has 1 aliphatic heterocycles. The summed E-state index contributed by atoms with van der Waals surface area (Å²) in [7, 11) is 0. The number of pyridine rings is 1. The molecule has 0 aliphatic carbocycles. The first-order valence-corrected chi connectivity index (χ1v) is 6.87. The van der Waals surface area contributed by atoms with Crippen LogP contribution >= 0.6 is 0 Å². The Kier molecular flexibility index (Phi) is 5.13. The molecule has 2 heterocycles. The van der Waals surface area contributed by atoms with Gasteiger partial charge in [0.1, 0.15) is 11.9 Å². The molecule has 0 spiro atoms. The monoisotopic (exact) mass is 265 g/mol. The van der Waals surface area contributed by atoms with Crippen molar-refractivity contribution in [2.45, 2.75) is 32.4 Å². The molecule has 106 valence electrons. The minimum Gasteiger partial charge on any atom is -0.383 e. The van der Waals surface area contributed by atoms with E-state index in [0.29, 0.717) is 25.6 Å². The fraction of sp³-hybridized carbons (Fsp3) is 0.643. The fourth-order valence-corrected chi connectivity index (χ4v) is 2.29. The summed E-state index contributed by atoms with van der Waals surface area (Å²) in [6.45, 7) is 6.96. The molecule has 5 nitrogen and oxygen atoms in total. The molecule has 1 saturated heterocycles. The highest BCUT2D eigenvalue weighted by molar-refractivity contribution is 5.43. The summed E-state index contributed by atoms with van der Waals surface area (Å²) in [6, 6.07) is 2.11. The van der Waals surface area contributed by atoms with Gasteiger partial charge in [0.25, 0.3) is 0 Å². The van der Waals surface area contributed by atoms with Gasteiger partial charge in [-0.2, -0.15) is 0 Å². The minimum absolute atomic E-state index is 0.00815. The van der Waals surface area contributed by atoms with Gasteiger partial charge in [0.2, 0.25) is 0 Å². The van der Waals surface area contributed by atoms with Gasteiger partial charge in [-0.15, -0.1) is 0 Å². The average molecular weight is 265 g/mol. The molecule has 1 fully saturated rings. The number of hydrogen-bond donors (Lipinski definition) is 2. The van der Waals surface area contributed by atoms with Crippen LogP contribution < -0.4 is 11.1 Å². The maximum absolute atomic E-state index is 6.02. The summed E-state index contributed by atoms with van der Waals surface area (Å²) < 4.78 is 11.3. The number of rotatable bonds is 5. The van der Waals surface area contributed by atoms with Crippen LogP contribution in [0.4, 0.5) is 5.82 Å². The topological polar surface area (TPSA) is 69.4 Å². The van der Waals surface area contributed by atoms with Crippen LogP contribution in [0.25, 0.3) is 0 Å². The first-order chi connectivity index (χ1) is 9.22. The third kappa shape index (κ3) is 3.65. The van der Waals surface area contributed by atoms with Crippen molar-refractivity contribution >= 4 is 5.82 Å². The summed E-state index contributed by atoms with van der Waals surface area (Å²) in [5, 5.41) is 3.50. The van der Waals surface area contributed by atoms with Crippen LogP contribution in [-0.2, 0) is 9.47 Å². The maximum Gasteiger partial charge on any atom is 0.128 e. The van der Waals surface area contributed by atoms with Gasteiger partial charge in [0.15, 0.2) is 0 Å². The van der Waals surface area contributed by atoms with Crippen molar-refractivity contribution in [2.24, 2.45) is 0 Å². The van der Waals surface area contributed by atoms with E-state index in [1.165, 1.54) is 0 Å². The summed E-state index contributed by atoms with van der Waals surface area (Å²) in [5.41, 5.74) is 8.13. The zero-order valence-corrected chi connectivity index (χ0v) is 11.7. The second-order valence-corrected chi connectivity index (χ2v) is 4.90. The molecule has 0 radical (unpaired) electrons. The molecule has 1 aromatic rings. The van der Waals surface area contributed by atoms with E-state index in [1.54, 1.807) is 6.20 Å². The van der Waals surface area contributed by atoms with Crippen LogP contribution in [0.15, 0.2) is 12.3 Å². The van der Waals surface area contributed by atoms with Crippen molar-refractivity contribution in [3.05, 3.63) is 23.4 Å². The second kappa shape index (κ2) is 6.84. The third-order valence-corrected chi connectivity index (χ3v) is 3.25. The Hall–Kier alpha value is -1.17. The van der Waals surface area contributed by atoms with Crippen molar-refractivity contribution in [1.29, 1.82) is 0 Å². The Morgan fingerprint density at radius 3 is 3.05 bits per heavy atom. The molecular weight excluding hydrogens is 242 g/mol. The maximum atomic E-state index is 6.02. The lowest BCUT2D eigenvalue weighted by molar-refractivity contribution is -0.102. The number of aromatic nitrogens is 1. The molecule has 2 rings (SSSR count). The van der Waals surface area contributed by atoms with Gasteiger partial charge in [-0.25, -0.2) is 4.98 Å². The highest BCUT2D eigenvalue weighted by Crippen LogP contribution is 2.26. The average Bonchev–Trinajstić information content (AvgIpc) is 2.44. The Balaban J connectivity index is 2.22. The van der Waals surface area contributed by atoms with E-state index in [9.17, 15) is 0 Å². The van der Waals surface area contributed by atoms with Gasteiger partial charge >= 0.3 is 0 Å². The summed E-state index contributed by atoms with van der Waals surface area (Å²) in [4.78, 5) is 4.24. The van der Waals surface area contributed by atoms with Crippen molar-refractivity contribution in [1.82, 2.24) is 10.3 Å². The number of anilines is 1. The Morgan fingerprint density at radius 2 is 2.37 bits per heavy atom. The number of nitrogen functional groups attached to an aromatic ring is 1. The Labute approximate surface area is 114 Å². The lowest BCUT2D eigenvalue weighted by Gasteiger charge is -2.32. The predicted octanol–water partition coefficient (Wildman–Crippen LogP) is 1.43. The largest absolute Gasteiger partial charge is 0.383 e. The van der Waals surface area contributed by atoms with Crippen LogP contribution in [0.3, 0.4) is 0 Å². The molecule has 0 amide bonds. The van der Waals surface area contributed by atoms with E-state index in [1.807, 2.05) is 6.92 Å². The number of nitrogens with one attached hydrogen (secondary N) is 1. The van der Waals surface area contributed by atoms with E-state index in [0.717, 1.165) is 24.1 Å². The molecule has 1 aliphatic rings. The van der Waals surface area contributed by atoms with Crippen molar-refractivity contribution in [2.75, 3.05) is 32.1 Å². The molecule has 2 atom stereocenters. The quantitative estimate of drug-likeness (QED) is 0.843. The zero-order chi connectivity index (χ0) is 13.7. The molecule has 5 heteroatoms. The van der Waals surface area contributed by atoms with Gasteiger partial charge < -0.3 is 20.5 Å². The number of ether oxygens (including phenoxy) is 2. The van der Waals surface area contributed by atoms with E-state index in [2.05, 4.69) is 23.3 Å². The van der Waals surface area contributed by atoms with Gasteiger partial charge in [0.05, 0.1) is 25.9 Å². The van der Waals surface area contributed by atoms with Gasteiger partial charge in [-0.3, -0.25) is 0 Å². The highest BCUT2D eigenvalue weighted by atomic mass is 16.6. The van der Waals surface area contributed by atoms with Gasteiger partial charge in [0, 0.05) is 11.8 Å². The van der Waals surface area contributed by atoms with Crippen molar-refractivity contribution in [3.63, 3.8) is 0 Å². The molecule has 3 N–H and O–H groups in total. The third-order valence-electron chi connectivity index (χ3n) is 3.25. The predicted molar refractivity (Wildman–Crippen MR) is 75.0 cm³/mol. The van der Waals surface area contributed by atoms with E-state index in [4.69, 9.17) is 15.2 Å². The molecule has 1 aromatic heterocycles. The number of aryl methyl sites for hydroxylation is 1. The standard InChI is InChI=1S/C14H23N3O2/c1-3-4-16-13(12-9-18-5-6-19-12)11-7-10(2)8-17-14(11)15/h7-8,12-13,16H,3-6,9H2,1-2H3,(H2,15,17). The van der Waals surface area contributed by atoms with E-state index in [-0.39, 0.29) is 12.1 Å². The van der Waals surface area contributed by atoms with Crippen LogP contribution in [0.2, 0.25) is 0 Å². The smallest absolute Gasteiger partial charge is 0.128 e. The van der Waals surface area contributed by atoms with Crippen LogP contribution in [0, 0.1) is 6.92 Å². The normalized spacial score (nSPS) is 21.3. The Morgan fingerprint density at radius 1 is 1.53 bits per heavy atom. The lowest BCUT2D eigenvalue weighted by Crippen LogP contribution is -2.41. The van der Waals surface area contributed by atoms with Crippen molar-refractivity contribution in [3.8, 4) is 0 Å². The summed E-state index contributed by atoms with van der Waals surface area (Å²) in [5.74, 6) is 0.563. The van der Waals surface area contributed by atoms with Gasteiger partial charge in [-0.1, -0.05) is 6.92 Å². The molecule has 0 aromatic carbocycles. The minimum atomic E-state index is -0.00815. The second-order valence-electron chi connectivity index (χ2n) is 4.90. The first kappa shape index (κ1) is 14.2. The Bertz CT molecular complexity index is 406. The van der Waals surface area contributed by atoms with Crippen molar-refractivity contribution < 1.29 is 9.47 Å². The van der Waals surface area contributed by atoms with Crippen LogP contribution in [-0.4, -0.2) is 37.5 Å². The SMILES string of the molecule is CCCNC(c1cc(C)cnc1N)C1COCCO1. The van der Waals surface area contributed by atoms with Gasteiger partial charge in [-0.05, 0) is 31.5 Å². The molecule has 0 saturated carbocycles. The number of nitrogens with zero attached hydrogens (tertiary/aromatic N) is 1. The summed E-state index contributed by atoms with van der Waals surface area (Å²) >= 11 is 0. The summed E-state index contributed by atoms with van der Waals surface area (Å²) in [6.07, 6.45) is 2.84.